The number of aliphatic carboxylic acids is 2. The van der Waals surface area contributed by atoms with Gasteiger partial charge >= 0.3 is 11.9 Å². The number of hydrogen-bond donors (Lipinski definition) is 4. The Hall–Kier alpha value is -2.34. The number of nitrogens with two attached hydrogens (primary N) is 1. The predicted molar refractivity (Wildman–Crippen MR) is 80.2 cm³/mol. The van der Waals surface area contributed by atoms with E-state index in [4.69, 9.17) is 15.9 Å². The van der Waals surface area contributed by atoms with Crippen molar-refractivity contribution in [1.82, 2.24) is 4.98 Å². The SMILES string of the molecule is CC(N)Cc1c[nH]c2ccccc12.O=C(O)CCC(=O)O. The molecule has 0 saturated heterocycles. The Bertz CT molecular complexity index is 590. The molecule has 114 valence electrons. The van der Waals surface area contributed by atoms with Crippen LogP contribution in [0.5, 0.6) is 0 Å². The number of aromatic nitrogens is 1. The lowest BCUT2D eigenvalue weighted by Gasteiger charge is -2.02. The van der Waals surface area contributed by atoms with Gasteiger partial charge in [0, 0.05) is 23.1 Å². The number of rotatable bonds is 5. The van der Waals surface area contributed by atoms with Gasteiger partial charge in [0.05, 0.1) is 12.8 Å². The highest BCUT2D eigenvalue weighted by Crippen LogP contribution is 2.18. The van der Waals surface area contributed by atoms with E-state index >= 15 is 0 Å². The average Bonchev–Trinajstić information content (AvgIpc) is 2.80. The Labute approximate surface area is 122 Å². The van der Waals surface area contributed by atoms with Gasteiger partial charge in [0.25, 0.3) is 0 Å². The molecule has 1 unspecified atom stereocenters. The molecule has 0 radical (unpaired) electrons. The summed E-state index contributed by atoms with van der Waals surface area (Å²) in [6.45, 7) is 2.03. The molecule has 2 aromatic rings. The van der Waals surface area contributed by atoms with Crippen molar-refractivity contribution in [2.75, 3.05) is 0 Å². The van der Waals surface area contributed by atoms with E-state index in [1.165, 1.54) is 16.5 Å². The number of aromatic amines is 1. The highest BCUT2D eigenvalue weighted by molar-refractivity contribution is 5.83. The monoisotopic (exact) mass is 292 g/mol. The summed E-state index contributed by atoms with van der Waals surface area (Å²) in [5.41, 5.74) is 8.26. The summed E-state index contributed by atoms with van der Waals surface area (Å²) in [4.78, 5) is 22.5. The number of carboxylic acid groups (broad SMARTS) is 2. The van der Waals surface area contributed by atoms with Crippen molar-refractivity contribution < 1.29 is 19.8 Å². The Kier molecular flexibility index (Phi) is 6.42. The van der Waals surface area contributed by atoms with Gasteiger partial charge < -0.3 is 20.9 Å². The van der Waals surface area contributed by atoms with Gasteiger partial charge in [-0.1, -0.05) is 18.2 Å². The van der Waals surface area contributed by atoms with E-state index in [9.17, 15) is 9.59 Å². The van der Waals surface area contributed by atoms with Crippen molar-refractivity contribution in [1.29, 1.82) is 0 Å². The van der Waals surface area contributed by atoms with Crippen molar-refractivity contribution in [2.45, 2.75) is 32.2 Å². The van der Waals surface area contributed by atoms with E-state index in [1.807, 2.05) is 19.2 Å². The number of nitrogens with one attached hydrogen (secondary N) is 1. The molecule has 21 heavy (non-hydrogen) atoms. The smallest absolute Gasteiger partial charge is 0.303 e. The van der Waals surface area contributed by atoms with Crippen molar-refractivity contribution >= 4 is 22.8 Å². The zero-order chi connectivity index (χ0) is 15.8. The maximum Gasteiger partial charge on any atom is 0.303 e. The largest absolute Gasteiger partial charge is 0.481 e. The fraction of sp³-hybridized carbons (Fsp3) is 0.333. The summed E-state index contributed by atoms with van der Waals surface area (Å²) >= 11 is 0. The lowest BCUT2D eigenvalue weighted by atomic mass is 10.1. The van der Waals surface area contributed by atoms with E-state index in [2.05, 4.69) is 23.2 Å². The van der Waals surface area contributed by atoms with Crippen molar-refractivity contribution in [3.8, 4) is 0 Å². The first-order valence-corrected chi connectivity index (χ1v) is 6.64. The van der Waals surface area contributed by atoms with Crippen molar-refractivity contribution in [3.05, 3.63) is 36.0 Å². The minimum atomic E-state index is -1.08. The lowest BCUT2D eigenvalue weighted by Crippen LogP contribution is -2.17. The summed E-state index contributed by atoms with van der Waals surface area (Å²) in [6, 6.07) is 8.53. The second-order valence-corrected chi connectivity index (χ2v) is 4.83. The zero-order valence-corrected chi connectivity index (χ0v) is 11.9. The standard InChI is InChI=1S/C11H14N2.C4H6O4/c1-8(12)6-9-7-13-11-5-3-2-4-10(9)11;5-3(6)1-2-4(7)8/h2-5,7-8,13H,6,12H2,1H3;1-2H2,(H,5,6)(H,7,8). The summed E-state index contributed by atoms with van der Waals surface area (Å²) in [5.74, 6) is -2.15. The van der Waals surface area contributed by atoms with Gasteiger partial charge in [-0.3, -0.25) is 9.59 Å². The molecule has 6 heteroatoms. The summed E-state index contributed by atoms with van der Waals surface area (Å²) in [5, 5.41) is 17.1. The second kappa shape index (κ2) is 8.06. The summed E-state index contributed by atoms with van der Waals surface area (Å²) in [7, 11) is 0. The molecule has 0 fully saturated rings. The van der Waals surface area contributed by atoms with Gasteiger partial charge in [0.1, 0.15) is 0 Å². The number of hydrogen-bond acceptors (Lipinski definition) is 3. The molecular formula is C15H20N2O4. The van der Waals surface area contributed by atoms with Gasteiger partial charge in [0.15, 0.2) is 0 Å². The van der Waals surface area contributed by atoms with Crippen LogP contribution < -0.4 is 5.73 Å². The van der Waals surface area contributed by atoms with Crippen LogP contribution in [0.4, 0.5) is 0 Å². The van der Waals surface area contributed by atoms with E-state index < -0.39 is 11.9 Å². The minimum Gasteiger partial charge on any atom is -0.481 e. The van der Waals surface area contributed by atoms with Crippen LogP contribution in [0.1, 0.15) is 25.3 Å². The van der Waals surface area contributed by atoms with Crippen LogP contribution in [-0.4, -0.2) is 33.2 Å². The highest BCUT2D eigenvalue weighted by atomic mass is 16.4. The fourth-order valence-corrected chi connectivity index (χ4v) is 1.86. The Morgan fingerprint density at radius 3 is 2.29 bits per heavy atom. The van der Waals surface area contributed by atoms with Crippen molar-refractivity contribution in [3.63, 3.8) is 0 Å². The molecule has 1 heterocycles. The van der Waals surface area contributed by atoms with E-state index in [0.717, 1.165) is 6.42 Å². The Morgan fingerprint density at radius 1 is 1.19 bits per heavy atom. The molecule has 0 aliphatic rings. The molecule has 1 atom stereocenters. The topological polar surface area (TPSA) is 116 Å². The van der Waals surface area contributed by atoms with Gasteiger partial charge in [-0.2, -0.15) is 0 Å². The second-order valence-electron chi connectivity index (χ2n) is 4.83. The number of para-hydroxylation sites is 1. The van der Waals surface area contributed by atoms with Gasteiger partial charge in [-0.15, -0.1) is 0 Å². The molecule has 2 rings (SSSR count). The molecule has 0 spiro atoms. The molecule has 0 aliphatic heterocycles. The van der Waals surface area contributed by atoms with Gasteiger partial charge in [0.2, 0.25) is 0 Å². The maximum absolute atomic E-state index is 9.64. The predicted octanol–water partition coefficient (Wildman–Crippen LogP) is 1.99. The minimum absolute atomic E-state index is 0.221. The molecule has 0 amide bonds. The molecular weight excluding hydrogens is 272 g/mol. The molecule has 0 aliphatic carbocycles. The van der Waals surface area contributed by atoms with Crippen LogP contribution in [0.2, 0.25) is 0 Å². The van der Waals surface area contributed by atoms with Crippen LogP contribution in [0.25, 0.3) is 10.9 Å². The fourth-order valence-electron chi connectivity index (χ4n) is 1.86. The first-order chi connectivity index (χ1) is 9.90. The van der Waals surface area contributed by atoms with Gasteiger partial charge in [-0.05, 0) is 25.0 Å². The maximum atomic E-state index is 9.64. The molecule has 1 aromatic carbocycles. The summed E-state index contributed by atoms with van der Waals surface area (Å²) in [6.07, 6.45) is 2.39. The van der Waals surface area contributed by atoms with Gasteiger partial charge in [-0.25, -0.2) is 0 Å². The zero-order valence-electron chi connectivity index (χ0n) is 11.9. The normalized spacial score (nSPS) is 11.5. The number of fused-ring (bicyclic) bond motifs is 1. The highest BCUT2D eigenvalue weighted by Gasteiger charge is 2.04. The third-order valence-electron chi connectivity index (χ3n) is 2.77. The van der Waals surface area contributed by atoms with Crippen LogP contribution in [0.3, 0.4) is 0 Å². The summed E-state index contributed by atoms with van der Waals surface area (Å²) < 4.78 is 0. The van der Waals surface area contributed by atoms with E-state index in [1.54, 1.807) is 0 Å². The number of carboxylic acids is 2. The van der Waals surface area contributed by atoms with Crippen LogP contribution >= 0.6 is 0 Å². The van der Waals surface area contributed by atoms with E-state index in [-0.39, 0.29) is 18.9 Å². The molecule has 5 N–H and O–H groups in total. The molecule has 0 bridgehead atoms. The quantitative estimate of drug-likeness (QED) is 0.672. The first-order valence-electron chi connectivity index (χ1n) is 6.64. The molecule has 1 aromatic heterocycles. The molecule has 6 nitrogen and oxygen atoms in total. The third kappa shape index (κ3) is 6.09. The number of carbonyl (C=O) groups is 2. The first kappa shape index (κ1) is 16.7. The third-order valence-corrected chi connectivity index (χ3v) is 2.77. The molecule has 0 saturated carbocycles. The van der Waals surface area contributed by atoms with Crippen LogP contribution in [-0.2, 0) is 16.0 Å². The van der Waals surface area contributed by atoms with E-state index in [0.29, 0.717) is 0 Å². The van der Waals surface area contributed by atoms with Crippen LogP contribution in [0, 0.1) is 0 Å². The number of H-pyrrole nitrogens is 1. The Balaban J connectivity index is 0.000000240. The Morgan fingerprint density at radius 2 is 1.76 bits per heavy atom. The number of benzene rings is 1. The average molecular weight is 292 g/mol. The lowest BCUT2D eigenvalue weighted by molar-refractivity contribution is -0.143. The van der Waals surface area contributed by atoms with Crippen molar-refractivity contribution in [2.24, 2.45) is 5.73 Å². The van der Waals surface area contributed by atoms with Crippen LogP contribution in [0.15, 0.2) is 30.5 Å².